The molecule has 1 atom stereocenters. The van der Waals surface area contributed by atoms with Crippen molar-refractivity contribution in [1.82, 2.24) is 9.36 Å². The Balaban J connectivity index is 1.77. The minimum atomic E-state index is -4.44. The molecule has 1 aromatic heterocycles. The Hall–Kier alpha value is -2.76. The molecule has 12 heteroatoms. The van der Waals surface area contributed by atoms with Crippen LogP contribution in [0, 0.1) is 0 Å². The van der Waals surface area contributed by atoms with Crippen molar-refractivity contribution in [1.29, 1.82) is 0 Å². The van der Waals surface area contributed by atoms with E-state index in [1.54, 1.807) is 11.6 Å². The maximum Gasteiger partial charge on any atom is 0.416 e. The highest BCUT2D eigenvalue weighted by Crippen LogP contribution is 2.35. The predicted molar refractivity (Wildman–Crippen MR) is 113 cm³/mol. The maximum atomic E-state index is 13.2. The molecule has 8 nitrogen and oxygen atoms in total. The Labute approximate surface area is 183 Å². The van der Waals surface area contributed by atoms with Crippen molar-refractivity contribution in [2.75, 3.05) is 11.3 Å². The topological polar surface area (TPSA) is 85.9 Å². The highest BCUT2D eigenvalue weighted by molar-refractivity contribution is 7.86. The Kier molecular flexibility index (Phi) is 5.60. The van der Waals surface area contributed by atoms with E-state index in [1.807, 2.05) is 0 Å². The van der Waals surface area contributed by atoms with Crippen molar-refractivity contribution in [3.05, 3.63) is 45.7 Å². The lowest BCUT2D eigenvalue weighted by molar-refractivity contribution is -0.137. The zero-order valence-corrected chi connectivity index (χ0v) is 18.4. The number of hydrogen-bond acceptors (Lipinski definition) is 6. The number of alkyl halides is 3. The second kappa shape index (κ2) is 7.98. The van der Waals surface area contributed by atoms with E-state index in [-0.39, 0.29) is 17.6 Å². The summed E-state index contributed by atoms with van der Waals surface area (Å²) in [6, 6.07) is 4.33. The van der Waals surface area contributed by atoms with E-state index in [4.69, 9.17) is 4.18 Å². The number of fused-ring (bicyclic) bond motifs is 1. The molecule has 0 amide bonds. The SMILES string of the molecule is CC1CC(c2ccc(C(F)(F)F)cc2)=NN1c1c(OS(C)(=O)=O)n2n(c1=O)CCCCC2. The van der Waals surface area contributed by atoms with E-state index in [2.05, 4.69) is 5.10 Å². The second-order valence-electron chi connectivity index (χ2n) is 8.07. The first kappa shape index (κ1) is 22.4. The number of benzene rings is 1. The number of rotatable bonds is 4. The third-order valence-corrected chi connectivity index (χ3v) is 6.01. The summed E-state index contributed by atoms with van der Waals surface area (Å²) in [6.45, 7) is 2.66. The molecule has 3 heterocycles. The van der Waals surface area contributed by atoms with Gasteiger partial charge in [0.15, 0.2) is 5.69 Å². The average Bonchev–Trinajstić information content (AvgIpc) is 3.05. The molecule has 0 fully saturated rings. The summed E-state index contributed by atoms with van der Waals surface area (Å²) in [7, 11) is -3.92. The second-order valence-corrected chi connectivity index (χ2v) is 9.65. The van der Waals surface area contributed by atoms with Crippen molar-refractivity contribution in [3.8, 4) is 5.88 Å². The lowest BCUT2D eigenvalue weighted by Crippen LogP contribution is -2.29. The molecule has 1 aromatic carbocycles. The minimum absolute atomic E-state index is 0.0201. The number of hydrazone groups is 1. The summed E-state index contributed by atoms with van der Waals surface area (Å²) >= 11 is 0. The first-order valence-electron chi connectivity index (χ1n) is 10.2. The number of halogens is 3. The van der Waals surface area contributed by atoms with E-state index in [0.717, 1.165) is 37.7 Å². The van der Waals surface area contributed by atoms with Crippen LogP contribution in [0.3, 0.4) is 0 Å². The van der Waals surface area contributed by atoms with Crippen molar-refractivity contribution in [3.63, 3.8) is 0 Å². The quantitative estimate of drug-likeness (QED) is 0.638. The molecular formula is C20H23F3N4O4S. The molecule has 4 rings (SSSR count). The van der Waals surface area contributed by atoms with Crippen LogP contribution in [0.4, 0.5) is 18.9 Å². The molecule has 1 unspecified atom stereocenters. The van der Waals surface area contributed by atoms with Gasteiger partial charge in [0.2, 0.25) is 0 Å². The maximum absolute atomic E-state index is 13.2. The van der Waals surface area contributed by atoms with Gasteiger partial charge in [0.1, 0.15) is 0 Å². The number of nitrogens with zero attached hydrogens (tertiary/aromatic N) is 4. The van der Waals surface area contributed by atoms with Crippen LogP contribution in [0.1, 0.15) is 43.7 Å². The van der Waals surface area contributed by atoms with Gasteiger partial charge in [0.25, 0.3) is 11.4 Å². The monoisotopic (exact) mass is 472 g/mol. The Bertz CT molecular complexity index is 1210. The summed E-state index contributed by atoms with van der Waals surface area (Å²) < 4.78 is 70.7. The van der Waals surface area contributed by atoms with Gasteiger partial charge in [-0.25, -0.2) is 9.36 Å². The smallest absolute Gasteiger partial charge is 0.360 e. The van der Waals surface area contributed by atoms with Crippen LogP contribution < -0.4 is 14.8 Å². The molecule has 2 aromatic rings. The molecule has 0 bridgehead atoms. The fourth-order valence-corrected chi connectivity index (χ4v) is 4.51. The lowest BCUT2D eigenvalue weighted by Gasteiger charge is -2.19. The normalized spacial score (nSPS) is 19.5. The first-order chi connectivity index (χ1) is 15.0. The third-order valence-electron chi connectivity index (χ3n) is 5.54. The molecule has 32 heavy (non-hydrogen) atoms. The van der Waals surface area contributed by atoms with E-state index in [9.17, 15) is 26.4 Å². The summed E-state index contributed by atoms with van der Waals surface area (Å²) in [5.41, 5.74) is -0.148. The lowest BCUT2D eigenvalue weighted by atomic mass is 10.0. The highest BCUT2D eigenvalue weighted by atomic mass is 32.2. The summed E-state index contributed by atoms with van der Waals surface area (Å²) in [5, 5.41) is 5.91. The molecule has 2 aliphatic heterocycles. The van der Waals surface area contributed by atoms with E-state index in [1.165, 1.54) is 21.8 Å². The largest absolute Gasteiger partial charge is 0.416 e. The Morgan fingerprint density at radius 1 is 1.06 bits per heavy atom. The van der Waals surface area contributed by atoms with Gasteiger partial charge in [-0.3, -0.25) is 9.80 Å². The Morgan fingerprint density at radius 2 is 1.69 bits per heavy atom. The van der Waals surface area contributed by atoms with Crippen LogP contribution in [-0.4, -0.2) is 35.8 Å². The van der Waals surface area contributed by atoms with Gasteiger partial charge in [-0.2, -0.15) is 26.7 Å². The number of anilines is 1. The van der Waals surface area contributed by atoms with Crippen LogP contribution in [0.15, 0.2) is 34.2 Å². The fraction of sp³-hybridized carbons (Fsp3) is 0.500. The van der Waals surface area contributed by atoms with Crippen LogP contribution in [0.5, 0.6) is 5.88 Å². The molecular weight excluding hydrogens is 449 g/mol. The Morgan fingerprint density at radius 3 is 2.28 bits per heavy atom. The van der Waals surface area contributed by atoms with Gasteiger partial charge in [-0.05, 0) is 43.9 Å². The van der Waals surface area contributed by atoms with Crippen LogP contribution in [-0.2, 0) is 29.4 Å². The van der Waals surface area contributed by atoms with E-state index in [0.29, 0.717) is 30.8 Å². The standard InChI is InChI=1S/C20H23F3N4O4S/c1-13-12-16(14-6-8-15(9-7-14)20(21,22)23)24-27(13)17-18(28)25-10-4-3-5-11-26(25)19(17)31-32(2,29)30/h6-9,13H,3-5,10-12H2,1-2H3. The molecule has 0 saturated heterocycles. The van der Waals surface area contributed by atoms with Gasteiger partial charge in [-0.1, -0.05) is 12.1 Å². The van der Waals surface area contributed by atoms with Crippen LogP contribution in [0.2, 0.25) is 0 Å². The number of aromatic nitrogens is 2. The molecule has 0 aliphatic carbocycles. The molecule has 0 spiro atoms. The van der Waals surface area contributed by atoms with Crippen molar-refractivity contribution >= 4 is 21.5 Å². The van der Waals surface area contributed by atoms with E-state index < -0.39 is 27.4 Å². The van der Waals surface area contributed by atoms with Crippen molar-refractivity contribution in [2.45, 2.75) is 57.9 Å². The van der Waals surface area contributed by atoms with Gasteiger partial charge >= 0.3 is 16.3 Å². The van der Waals surface area contributed by atoms with Crippen molar-refractivity contribution in [2.24, 2.45) is 5.10 Å². The fourth-order valence-electron chi connectivity index (χ4n) is 4.05. The zero-order valence-electron chi connectivity index (χ0n) is 17.6. The zero-order chi connectivity index (χ0) is 23.3. The average molecular weight is 472 g/mol. The molecule has 174 valence electrons. The molecule has 0 saturated carbocycles. The number of hydrogen-bond donors (Lipinski definition) is 0. The predicted octanol–water partition coefficient (Wildman–Crippen LogP) is 3.19. The van der Waals surface area contributed by atoms with Gasteiger partial charge in [0.05, 0.1) is 23.6 Å². The van der Waals surface area contributed by atoms with Gasteiger partial charge < -0.3 is 4.18 Å². The third kappa shape index (κ3) is 4.27. The first-order valence-corrected chi connectivity index (χ1v) is 12.0. The molecule has 2 aliphatic rings. The van der Waals surface area contributed by atoms with Gasteiger partial charge in [-0.15, -0.1) is 0 Å². The minimum Gasteiger partial charge on any atom is -0.360 e. The summed E-state index contributed by atoms with van der Waals surface area (Å²) in [4.78, 5) is 13.2. The highest BCUT2D eigenvalue weighted by Gasteiger charge is 2.35. The molecule has 0 N–H and O–H groups in total. The van der Waals surface area contributed by atoms with E-state index >= 15 is 0 Å². The van der Waals surface area contributed by atoms with Crippen LogP contribution in [0.25, 0.3) is 0 Å². The van der Waals surface area contributed by atoms with Crippen molar-refractivity contribution < 1.29 is 25.8 Å². The summed E-state index contributed by atoms with van der Waals surface area (Å²) in [6.07, 6.45) is -0.716. The van der Waals surface area contributed by atoms with Crippen LogP contribution >= 0.6 is 0 Å². The molecule has 0 radical (unpaired) electrons. The summed E-state index contributed by atoms with van der Waals surface area (Å²) in [5.74, 6) is -0.0799. The van der Waals surface area contributed by atoms with Gasteiger partial charge in [0, 0.05) is 19.5 Å².